The molecule has 1 N–H and O–H groups in total. The number of hydrogen-bond acceptors (Lipinski definition) is 4. The molecule has 1 fully saturated rings. The average molecular weight is 351 g/mol. The SMILES string of the molecule is CCC#CCOC1CCN(S(=O)(=O)CC(O)c2ccccc2)CC1. The van der Waals surface area contributed by atoms with Gasteiger partial charge in [0, 0.05) is 19.5 Å². The largest absolute Gasteiger partial charge is 0.387 e. The molecule has 1 aromatic carbocycles. The second-order valence-electron chi connectivity index (χ2n) is 5.82. The van der Waals surface area contributed by atoms with E-state index in [9.17, 15) is 13.5 Å². The summed E-state index contributed by atoms with van der Waals surface area (Å²) < 4.78 is 32.1. The molecule has 6 heteroatoms. The predicted octanol–water partition coefficient (Wildman–Crippen LogP) is 1.94. The third kappa shape index (κ3) is 5.60. The van der Waals surface area contributed by atoms with Gasteiger partial charge in [-0.05, 0) is 18.4 Å². The summed E-state index contributed by atoms with van der Waals surface area (Å²) in [6.07, 6.45) is 1.18. The van der Waals surface area contributed by atoms with E-state index in [2.05, 4.69) is 11.8 Å². The first kappa shape index (κ1) is 18.9. The van der Waals surface area contributed by atoms with Crippen LogP contribution in [0, 0.1) is 11.8 Å². The van der Waals surface area contributed by atoms with Gasteiger partial charge in [0.2, 0.25) is 10.0 Å². The highest BCUT2D eigenvalue weighted by molar-refractivity contribution is 7.89. The third-order valence-electron chi connectivity index (χ3n) is 4.04. The molecule has 5 nitrogen and oxygen atoms in total. The van der Waals surface area contributed by atoms with Crippen LogP contribution in [0.15, 0.2) is 30.3 Å². The van der Waals surface area contributed by atoms with Crippen molar-refractivity contribution < 1.29 is 18.3 Å². The van der Waals surface area contributed by atoms with Crippen molar-refractivity contribution in [2.75, 3.05) is 25.4 Å². The van der Waals surface area contributed by atoms with Gasteiger partial charge in [-0.2, -0.15) is 0 Å². The van der Waals surface area contributed by atoms with E-state index in [4.69, 9.17) is 4.74 Å². The van der Waals surface area contributed by atoms with E-state index in [1.807, 2.05) is 13.0 Å². The Kier molecular flexibility index (Phi) is 7.25. The van der Waals surface area contributed by atoms with Crippen molar-refractivity contribution in [3.8, 4) is 11.8 Å². The third-order valence-corrected chi connectivity index (χ3v) is 5.93. The predicted molar refractivity (Wildman–Crippen MR) is 93.8 cm³/mol. The van der Waals surface area contributed by atoms with Crippen molar-refractivity contribution in [3.63, 3.8) is 0 Å². The van der Waals surface area contributed by atoms with Crippen LogP contribution in [0.3, 0.4) is 0 Å². The zero-order chi connectivity index (χ0) is 17.4. The monoisotopic (exact) mass is 351 g/mol. The summed E-state index contributed by atoms with van der Waals surface area (Å²) in [6.45, 7) is 3.24. The number of aliphatic hydroxyl groups excluding tert-OH is 1. The minimum absolute atomic E-state index is 0.0571. The van der Waals surface area contributed by atoms with E-state index in [1.165, 1.54) is 4.31 Å². The zero-order valence-corrected chi connectivity index (χ0v) is 14.8. The van der Waals surface area contributed by atoms with E-state index in [0.29, 0.717) is 38.1 Å². The Labute approximate surface area is 144 Å². The first-order chi connectivity index (χ1) is 11.5. The van der Waals surface area contributed by atoms with Crippen LogP contribution < -0.4 is 0 Å². The lowest BCUT2D eigenvalue weighted by atomic mass is 10.1. The number of piperidine rings is 1. The summed E-state index contributed by atoms with van der Waals surface area (Å²) in [4.78, 5) is 0. The van der Waals surface area contributed by atoms with Crippen LogP contribution in [0.2, 0.25) is 0 Å². The summed E-state index contributed by atoms with van der Waals surface area (Å²) >= 11 is 0. The fourth-order valence-electron chi connectivity index (χ4n) is 2.69. The van der Waals surface area contributed by atoms with Gasteiger partial charge in [0.1, 0.15) is 6.61 Å². The highest BCUT2D eigenvalue weighted by Crippen LogP contribution is 2.21. The number of sulfonamides is 1. The standard InChI is InChI=1S/C18H25NO4S/c1-2-3-7-14-23-17-10-12-19(13-11-17)24(21,22)15-18(20)16-8-5-4-6-9-16/h4-6,8-9,17-18,20H,2,10-15H2,1H3. The number of rotatable bonds is 6. The topological polar surface area (TPSA) is 66.8 Å². The maximum absolute atomic E-state index is 12.5. The Hall–Kier alpha value is -1.39. The van der Waals surface area contributed by atoms with E-state index < -0.39 is 16.1 Å². The first-order valence-electron chi connectivity index (χ1n) is 8.31. The molecule has 0 aliphatic carbocycles. The number of ether oxygens (including phenoxy) is 1. The van der Waals surface area contributed by atoms with Crippen LogP contribution in [-0.4, -0.2) is 49.4 Å². The molecule has 0 spiro atoms. The maximum atomic E-state index is 12.5. The Morgan fingerprint density at radius 2 is 1.92 bits per heavy atom. The molecule has 132 valence electrons. The van der Waals surface area contributed by atoms with Gasteiger partial charge >= 0.3 is 0 Å². The van der Waals surface area contributed by atoms with E-state index in [-0.39, 0.29) is 11.9 Å². The molecule has 0 bridgehead atoms. The molecule has 24 heavy (non-hydrogen) atoms. The van der Waals surface area contributed by atoms with Gasteiger partial charge < -0.3 is 9.84 Å². The molecule has 0 saturated carbocycles. The summed E-state index contributed by atoms with van der Waals surface area (Å²) in [5, 5.41) is 10.2. The summed E-state index contributed by atoms with van der Waals surface area (Å²) in [5.41, 5.74) is 0.619. The molecule has 1 aromatic rings. The summed E-state index contributed by atoms with van der Waals surface area (Å²) in [5.74, 6) is 5.59. The van der Waals surface area contributed by atoms with Crippen molar-refractivity contribution in [3.05, 3.63) is 35.9 Å². The van der Waals surface area contributed by atoms with Crippen molar-refractivity contribution >= 4 is 10.0 Å². The van der Waals surface area contributed by atoms with Crippen molar-refractivity contribution in [2.24, 2.45) is 0 Å². The number of hydrogen-bond donors (Lipinski definition) is 1. The van der Waals surface area contributed by atoms with Gasteiger partial charge in [-0.3, -0.25) is 0 Å². The Balaban J connectivity index is 1.83. The second-order valence-corrected chi connectivity index (χ2v) is 7.84. The minimum atomic E-state index is -3.48. The molecule has 1 aliphatic rings. The molecule has 0 amide bonds. The lowest BCUT2D eigenvalue weighted by molar-refractivity contribution is 0.0407. The molecule has 1 atom stereocenters. The van der Waals surface area contributed by atoms with E-state index in [0.717, 1.165) is 6.42 Å². The molecule has 1 saturated heterocycles. The van der Waals surface area contributed by atoms with Gasteiger partial charge in [0.05, 0.1) is 18.0 Å². The van der Waals surface area contributed by atoms with Gasteiger partial charge in [-0.15, -0.1) is 5.92 Å². The summed E-state index contributed by atoms with van der Waals surface area (Å²) in [7, 11) is -3.48. The van der Waals surface area contributed by atoms with Gasteiger partial charge in [0.15, 0.2) is 0 Å². The Morgan fingerprint density at radius 1 is 1.25 bits per heavy atom. The maximum Gasteiger partial charge on any atom is 0.217 e. The van der Waals surface area contributed by atoms with Gasteiger partial charge in [-0.1, -0.05) is 43.2 Å². The van der Waals surface area contributed by atoms with Gasteiger partial charge in [-0.25, -0.2) is 12.7 Å². The highest BCUT2D eigenvalue weighted by Gasteiger charge is 2.30. The highest BCUT2D eigenvalue weighted by atomic mass is 32.2. The lowest BCUT2D eigenvalue weighted by Gasteiger charge is -2.31. The molecule has 1 unspecified atom stereocenters. The average Bonchev–Trinajstić information content (AvgIpc) is 2.59. The van der Waals surface area contributed by atoms with Crippen molar-refractivity contribution in [2.45, 2.75) is 38.4 Å². The molecule has 0 radical (unpaired) electrons. The molecular formula is C18H25NO4S. The fraction of sp³-hybridized carbons (Fsp3) is 0.556. The van der Waals surface area contributed by atoms with Crippen LogP contribution in [0.5, 0.6) is 0 Å². The van der Waals surface area contributed by atoms with Crippen LogP contribution in [0.25, 0.3) is 0 Å². The van der Waals surface area contributed by atoms with E-state index in [1.54, 1.807) is 24.3 Å². The Bertz CT molecular complexity index is 655. The molecule has 0 aromatic heterocycles. The summed E-state index contributed by atoms with van der Waals surface area (Å²) in [6, 6.07) is 8.88. The number of nitrogens with zero attached hydrogens (tertiary/aromatic N) is 1. The van der Waals surface area contributed by atoms with Crippen LogP contribution in [0.4, 0.5) is 0 Å². The first-order valence-corrected chi connectivity index (χ1v) is 9.92. The van der Waals surface area contributed by atoms with Crippen LogP contribution in [-0.2, 0) is 14.8 Å². The van der Waals surface area contributed by atoms with E-state index >= 15 is 0 Å². The van der Waals surface area contributed by atoms with Crippen molar-refractivity contribution in [1.29, 1.82) is 0 Å². The van der Waals surface area contributed by atoms with Crippen LogP contribution >= 0.6 is 0 Å². The quantitative estimate of drug-likeness (QED) is 0.796. The zero-order valence-electron chi connectivity index (χ0n) is 14.0. The number of aliphatic hydroxyl groups is 1. The molecular weight excluding hydrogens is 326 g/mol. The van der Waals surface area contributed by atoms with Crippen molar-refractivity contribution in [1.82, 2.24) is 4.31 Å². The van der Waals surface area contributed by atoms with Crippen LogP contribution in [0.1, 0.15) is 37.9 Å². The fourth-order valence-corrected chi connectivity index (χ4v) is 4.26. The molecule has 2 rings (SSSR count). The normalized spacial score (nSPS) is 17.9. The molecule has 1 heterocycles. The lowest BCUT2D eigenvalue weighted by Crippen LogP contribution is -2.42. The van der Waals surface area contributed by atoms with Gasteiger partial charge in [0.25, 0.3) is 0 Å². The Morgan fingerprint density at radius 3 is 2.54 bits per heavy atom. The minimum Gasteiger partial charge on any atom is -0.387 e. The smallest absolute Gasteiger partial charge is 0.217 e. The second kappa shape index (κ2) is 9.19. The number of benzene rings is 1. The molecule has 1 aliphatic heterocycles.